The molecule has 5 nitrogen and oxygen atoms in total. The average molecular weight is 285 g/mol. The summed E-state index contributed by atoms with van der Waals surface area (Å²) in [7, 11) is 0. The zero-order chi connectivity index (χ0) is 14.4. The maximum atomic E-state index is 12.7. The molecule has 0 bridgehead atoms. The SMILES string of the molecule is O=C1N[C@H](C(=O)N2C[C@H]3CNC[C@H]3C2)Cc2ccccc21. The van der Waals surface area contributed by atoms with Crippen LogP contribution in [0.1, 0.15) is 15.9 Å². The van der Waals surface area contributed by atoms with E-state index in [9.17, 15) is 9.59 Å². The van der Waals surface area contributed by atoms with Gasteiger partial charge in [-0.05, 0) is 23.5 Å². The maximum absolute atomic E-state index is 12.7. The van der Waals surface area contributed by atoms with E-state index in [1.165, 1.54) is 0 Å². The zero-order valence-corrected chi connectivity index (χ0v) is 11.8. The van der Waals surface area contributed by atoms with Crippen LogP contribution in [0.5, 0.6) is 0 Å². The van der Waals surface area contributed by atoms with E-state index in [0.29, 0.717) is 23.8 Å². The van der Waals surface area contributed by atoms with Crippen LogP contribution in [0, 0.1) is 11.8 Å². The molecular formula is C16H19N3O2. The van der Waals surface area contributed by atoms with Crippen LogP contribution in [-0.2, 0) is 11.2 Å². The Morgan fingerprint density at radius 2 is 1.86 bits per heavy atom. The Labute approximate surface area is 123 Å². The van der Waals surface area contributed by atoms with Gasteiger partial charge in [-0.1, -0.05) is 18.2 Å². The molecule has 110 valence electrons. The fourth-order valence-electron chi connectivity index (χ4n) is 3.83. The summed E-state index contributed by atoms with van der Waals surface area (Å²) in [6.07, 6.45) is 0.602. The lowest BCUT2D eigenvalue weighted by Crippen LogP contribution is -2.52. The number of fused-ring (bicyclic) bond motifs is 2. The van der Waals surface area contributed by atoms with Crippen molar-refractivity contribution in [1.82, 2.24) is 15.5 Å². The zero-order valence-electron chi connectivity index (χ0n) is 11.8. The fourth-order valence-corrected chi connectivity index (χ4v) is 3.83. The van der Waals surface area contributed by atoms with Gasteiger partial charge in [0.2, 0.25) is 5.91 Å². The van der Waals surface area contributed by atoms with E-state index in [0.717, 1.165) is 31.7 Å². The number of amides is 2. The Kier molecular flexibility index (Phi) is 2.96. The minimum Gasteiger partial charge on any atom is -0.340 e. The van der Waals surface area contributed by atoms with E-state index < -0.39 is 6.04 Å². The van der Waals surface area contributed by atoms with Gasteiger partial charge < -0.3 is 15.5 Å². The molecule has 4 rings (SSSR count). The normalized spacial score (nSPS) is 30.8. The van der Waals surface area contributed by atoms with Gasteiger partial charge in [0.05, 0.1) is 0 Å². The molecule has 0 aliphatic carbocycles. The highest BCUT2D eigenvalue weighted by molar-refractivity contribution is 6.00. The number of rotatable bonds is 1. The molecule has 1 aromatic carbocycles. The van der Waals surface area contributed by atoms with E-state index >= 15 is 0 Å². The highest BCUT2D eigenvalue weighted by atomic mass is 16.2. The van der Waals surface area contributed by atoms with E-state index in [-0.39, 0.29) is 11.8 Å². The van der Waals surface area contributed by atoms with Crippen LogP contribution in [-0.4, -0.2) is 48.9 Å². The molecule has 3 aliphatic rings. The van der Waals surface area contributed by atoms with Crippen LogP contribution in [0.25, 0.3) is 0 Å². The number of carbonyl (C=O) groups is 2. The van der Waals surface area contributed by atoms with Crippen LogP contribution in [0.2, 0.25) is 0 Å². The third-order valence-electron chi connectivity index (χ3n) is 4.99. The summed E-state index contributed by atoms with van der Waals surface area (Å²) in [5.41, 5.74) is 1.67. The largest absolute Gasteiger partial charge is 0.340 e. The molecule has 3 aliphatic heterocycles. The van der Waals surface area contributed by atoms with Gasteiger partial charge >= 0.3 is 0 Å². The lowest BCUT2D eigenvalue weighted by Gasteiger charge is -2.28. The molecule has 2 saturated heterocycles. The van der Waals surface area contributed by atoms with E-state index in [2.05, 4.69) is 10.6 Å². The maximum Gasteiger partial charge on any atom is 0.252 e. The highest BCUT2D eigenvalue weighted by Crippen LogP contribution is 2.27. The van der Waals surface area contributed by atoms with Crippen molar-refractivity contribution >= 4 is 11.8 Å². The molecule has 3 atom stereocenters. The molecule has 3 heterocycles. The van der Waals surface area contributed by atoms with Crippen molar-refractivity contribution in [2.45, 2.75) is 12.5 Å². The second-order valence-electron chi connectivity index (χ2n) is 6.31. The molecule has 0 saturated carbocycles. The molecule has 2 N–H and O–H groups in total. The van der Waals surface area contributed by atoms with Crippen molar-refractivity contribution in [2.24, 2.45) is 11.8 Å². The molecule has 0 radical (unpaired) electrons. The van der Waals surface area contributed by atoms with Gasteiger partial charge in [-0.2, -0.15) is 0 Å². The van der Waals surface area contributed by atoms with Crippen LogP contribution < -0.4 is 10.6 Å². The number of benzene rings is 1. The third-order valence-corrected chi connectivity index (χ3v) is 4.99. The Balaban J connectivity index is 1.50. The smallest absolute Gasteiger partial charge is 0.252 e. The number of likely N-dealkylation sites (tertiary alicyclic amines) is 1. The molecule has 0 aromatic heterocycles. The third kappa shape index (κ3) is 2.12. The topological polar surface area (TPSA) is 61.4 Å². The highest BCUT2D eigenvalue weighted by Gasteiger charge is 2.41. The Morgan fingerprint density at radius 1 is 1.14 bits per heavy atom. The van der Waals surface area contributed by atoms with Crippen LogP contribution in [0.15, 0.2) is 24.3 Å². The first-order valence-electron chi connectivity index (χ1n) is 7.60. The summed E-state index contributed by atoms with van der Waals surface area (Å²) in [6.45, 7) is 3.66. The molecule has 5 heteroatoms. The van der Waals surface area contributed by atoms with Crippen LogP contribution >= 0.6 is 0 Å². The first-order chi connectivity index (χ1) is 10.2. The summed E-state index contributed by atoms with van der Waals surface area (Å²) in [5, 5.41) is 6.24. The Morgan fingerprint density at radius 3 is 2.62 bits per heavy atom. The van der Waals surface area contributed by atoms with Gasteiger partial charge in [-0.3, -0.25) is 9.59 Å². The van der Waals surface area contributed by atoms with Crippen molar-refractivity contribution in [3.05, 3.63) is 35.4 Å². The summed E-state index contributed by atoms with van der Waals surface area (Å²) < 4.78 is 0. The molecule has 2 amide bonds. The second kappa shape index (κ2) is 4.84. The lowest BCUT2D eigenvalue weighted by molar-refractivity contribution is -0.132. The quantitative estimate of drug-likeness (QED) is 0.764. The first-order valence-corrected chi connectivity index (χ1v) is 7.60. The fraction of sp³-hybridized carbons (Fsp3) is 0.500. The van der Waals surface area contributed by atoms with Crippen molar-refractivity contribution in [3.8, 4) is 0 Å². The van der Waals surface area contributed by atoms with Gasteiger partial charge in [-0.25, -0.2) is 0 Å². The summed E-state index contributed by atoms with van der Waals surface area (Å²) >= 11 is 0. The predicted molar refractivity (Wildman–Crippen MR) is 77.8 cm³/mol. The predicted octanol–water partition coefficient (Wildman–Crippen LogP) is 0.0189. The standard InChI is InChI=1S/C16H19N3O2/c20-15-13-4-2-1-3-10(13)5-14(18-15)16(21)19-8-11-6-17-7-12(11)9-19/h1-4,11-12,14,17H,5-9H2,(H,18,20)/t11-,12+,14-/m0/s1. The van der Waals surface area contributed by atoms with Gasteiger partial charge in [0, 0.05) is 38.2 Å². The minimum atomic E-state index is -0.404. The van der Waals surface area contributed by atoms with E-state index in [4.69, 9.17) is 0 Å². The summed E-state index contributed by atoms with van der Waals surface area (Å²) in [5.74, 6) is 1.12. The minimum absolute atomic E-state index is 0.0762. The van der Waals surface area contributed by atoms with Gasteiger partial charge in [0.1, 0.15) is 6.04 Å². The van der Waals surface area contributed by atoms with Gasteiger partial charge in [0.25, 0.3) is 5.91 Å². The molecule has 0 unspecified atom stereocenters. The summed E-state index contributed by atoms with van der Waals surface area (Å²) in [6, 6.07) is 7.13. The number of carbonyl (C=O) groups excluding carboxylic acids is 2. The van der Waals surface area contributed by atoms with Crippen molar-refractivity contribution in [1.29, 1.82) is 0 Å². The molecule has 0 spiro atoms. The van der Waals surface area contributed by atoms with Gasteiger partial charge in [0.15, 0.2) is 0 Å². The van der Waals surface area contributed by atoms with E-state index in [1.807, 2.05) is 29.2 Å². The number of hydrogen-bond acceptors (Lipinski definition) is 3. The number of nitrogens with one attached hydrogen (secondary N) is 2. The monoisotopic (exact) mass is 285 g/mol. The second-order valence-corrected chi connectivity index (χ2v) is 6.31. The van der Waals surface area contributed by atoms with Gasteiger partial charge in [-0.15, -0.1) is 0 Å². The molecule has 2 fully saturated rings. The molecule has 21 heavy (non-hydrogen) atoms. The van der Waals surface area contributed by atoms with Crippen molar-refractivity contribution in [2.75, 3.05) is 26.2 Å². The lowest BCUT2D eigenvalue weighted by atomic mass is 9.94. The molecular weight excluding hydrogens is 266 g/mol. The number of hydrogen-bond donors (Lipinski definition) is 2. The van der Waals surface area contributed by atoms with Crippen LogP contribution in [0.4, 0.5) is 0 Å². The first kappa shape index (κ1) is 12.8. The summed E-state index contributed by atoms with van der Waals surface area (Å²) in [4.78, 5) is 26.7. The molecule has 1 aromatic rings. The number of nitrogens with zero attached hydrogens (tertiary/aromatic N) is 1. The van der Waals surface area contributed by atoms with Crippen molar-refractivity contribution in [3.63, 3.8) is 0 Å². The van der Waals surface area contributed by atoms with Crippen LogP contribution in [0.3, 0.4) is 0 Å². The Hall–Kier alpha value is -1.88. The van der Waals surface area contributed by atoms with Crippen molar-refractivity contribution < 1.29 is 9.59 Å². The van der Waals surface area contributed by atoms with E-state index in [1.54, 1.807) is 0 Å². The Bertz CT molecular complexity index is 589. The average Bonchev–Trinajstić information content (AvgIpc) is 3.07.